The van der Waals surface area contributed by atoms with Crippen molar-refractivity contribution >= 4 is 34.6 Å². The number of halogens is 2. The van der Waals surface area contributed by atoms with E-state index >= 15 is 0 Å². The number of hydrogen-bond donors (Lipinski definition) is 1. The average molecular weight is 299 g/mol. The lowest BCUT2D eigenvalue weighted by atomic mass is 9.78. The molecular formula is C15H20Cl2N2. The van der Waals surface area contributed by atoms with E-state index < -0.39 is 0 Å². The molecule has 2 atom stereocenters. The number of fused-ring (bicyclic) bond motifs is 1. The molecular weight excluding hydrogens is 279 g/mol. The van der Waals surface area contributed by atoms with Gasteiger partial charge in [0.05, 0.1) is 15.7 Å². The third kappa shape index (κ3) is 2.53. The van der Waals surface area contributed by atoms with E-state index in [0.29, 0.717) is 21.8 Å². The molecule has 1 aliphatic carbocycles. The summed E-state index contributed by atoms with van der Waals surface area (Å²) in [5.41, 5.74) is 7.43. The largest absolute Gasteiger partial charge is 0.399 e. The quantitative estimate of drug-likeness (QED) is 0.759. The second-order valence-electron chi connectivity index (χ2n) is 5.78. The summed E-state index contributed by atoms with van der Waals surface area (Å²) in [7, 11) is 0. The molecule has 1 aromatic rings. The molecule has 104 valence electrons. The summed E-state index contributed by atoms with van der Waals surface area (Å²) >= 11 is 12.8. The Morgan fingerprint density at radius 2 is 1.63 bits per heavy atom. The van der Waals surface area contributed by atoms with Crippen molar-refractivity contribution in [3.05, 3.63) is 22.2 Å². The molecule has 4 heteroatoms. The minimum Gasteiger partial charge on any atom is -0.399 e. The Morgan fingerprint density at radius 1 is 1.00 bits per heavy atom. The van der Waals surface area contributed by atoms with Gasteiger partial charge >= 0.3 is 0 Å². The van der Waals surface area contributed by atoms with Gasteiger partial charge in [0.25, 0.3) is 0 Å². The number of nitrogens with two attached hydrogens (primary N) is 1. The normalized spacial score (nSPS) is 27.2. The number of nitrogen functional groups attached to an aromatic ring is 1. The molecule has 2 nitrogen and oxygen atoms in total. The van der Waals surface area contributed by atoms with Gasteiger partial charge in [-0.3, -0.25) is 0 Å². The Morgan fingerprint density at radius 3 is 2.37 bits per heavy atom. The third-order valence-corrected chi connectivity index (χ3v) is 5.15. The topological polar surface area (TPSA) is 29.3 Å². The molecule has 0 spiro atoms. The summed E-state index contributed by atoms with van der Waals surface area (Å²) in [6.45, 7) is 1.06. The van der Waals surface area contributed by atoms with E-state index in [2.05, 4.69) is 4.90 Å². The van der Waals surface area contributed by atoms with Gasteiger partial charge in [-0.15, -0.1) is 0 Å². The minimum absolute atomic E-state index is 0.612. The molecule has 19 heavy (non-hydrogen) atoms. The monoisotopic (exact) mass is 298 g/mol. The summed E-state index contributed by atoms with van der Waals surface area (Å²) in [5, 5.41) is 1.38. The summed E-state index contributed by atoms with van der Waals surface area (Å²) in [6.07, 6.45) is 7.90. The SMILES string of the molecule is Nc1cc(Cl)c(N2CCC[C@H]3CCCC[C@H]32)c(Cl)c1. The van der Waals surface area contributed by atoms with Crippen LogP contribution in [0.1, 0.15) is 38.5 Å². The molecule has 3 rings (SSSR count). The van der Waals surface area contributed by atoms with Crippen molar-refractivity contribution < 1.29 is 0 Å². The van der Waals surface area contributed by atoms with Gasteiger partial charge in [-0.05, 0) is 43.7 Å². The van der Waals surface area contributed by atoms with Crippen molar-refractivity contribution in [2.75, 3.05) is 17.2 Å². The highest BCUT2D eigenvalue weighted by molar-refractivity contribution is 6.39. The molecule has 1 saturated heterocycles. The van der Waals surface area contributed by atoms with Crippen LogP contribution in [-0.2, 0) is 0 Å². The average Bonchev–Trinajstić information content (AvgIpc) is 2.38. The van der Waals surface area contributed by atoms with Crippen LogP contribution in [0.2, 0.25) is 10.0 Å². The van der Waals surface area contributed by atoms with Gasteiger partial charge in [-0.1, -0.05) is 36.0 Å². The van der Waals surface area contributed by atoms with Gasteiger partial charge in [0, 0.05) is 18.3 Å². The Kier molecular flexibility index (Phi) is 3.81. The van der Waals surface area contributed by atoms with E-state index in [1.807, 2.05) is 12.1 Å². The van der Waals surface area contributed by atoms with Crippen LogP contribution in [0.15, 0.2) is 12.1 Å². The van der Waals surface area contributed by atoms with Crippen molar-refractivity contribution in [2.45, 2.75) is 44.6 Å². The van der Waals surface area contributed by atoms with Crippen LogP contribution in [-0.4, -0.2) is 12.6 Å². The molecule has 0 aromatic heterocycles. The van der Waals surface area contributed by atoms with Gasteiger partial charge in [0.15, 0.2) is 0 Å². The summed E-state index contributed by atoms with van der Waals surface area (Å²) in [5.74, 6) is 0.812. The first kappa shape index (κ1) is 13.4. The van der Waals surface area contributed by atoms with Crippen LogP contribution >= 0.6 is 23.2 Å². The zero-order chi connectivity index (χ0) is 13.4. The summed E-state index contributed by atoms with van der Waals surface area (Å²) in [4.78, 5) is 2.44. The maximum absolute atomic E-state index is 6.39. The molecule has 2 aliphatic rings. The van der Waals surface area contributed by atoms with E-state index in [0.717, 1.165) is 18.2 Å². The Bertz CT molecular complexity index is 450. The lowest BCUT2D eigenvalue weighted by molar-refractivity contribution is 0.244. The van der Waals surface area contributed by atoms with E-state index in [-0.39, 0.29) is 0 Å². The highest BCUT2D eigenvalue weighted by atomic mass is 35.5. The molecule has 0 radical (unpaired) electrons. The van der Waals surface area contributed by atoms with Crippen LogP contribution in [0.25, 0.3) is 0 Å². The van der Waals surface area contributed by atoms with Gasteiger partial charge in [0.2, 0.25) is 0 Å². The maximum Gasteiger partial charge on any atom is 0.0749 e. The molecule has 1 saturated carbocycles. The lowest BCUT2D eigenvalue weighted by Crippen LogP contribution is -2.47. The second-order valence-corrected chi connectivity index (χ2v) is 6.60. The fourth-order valence-electron chi connectivity index (χ4n) is 3.76. The van der Waals surface area contributed by atoms with Crippen molar-refractivity contribution in [1.82, 2.24) is 0 Å². The lowest BCUT2D eigenvalue weighted by Gasteiger charge is -2.46. The fourth-order valence-corrected chi connectivity index (χ4v) is 4.48. The van der Waals surface area contributed by atoms with E-state index in [1.54, 1.807) is 0 Å². The first-order valence-electron chi connectivity index (χ1n) is 7.18. The first-order chi connectivity index (χ1) is 9.16. The van der Waals surface area contributed by atoms with Crippen molar-refractivity contribution in [1.29, 1.82) is 0 Å². The predicted octanol–water partition coefficient (Wildman–Crippen LogP) is 4.73. The van der Waals surface area contributed by atoms with Crippen molar-refractivity contribution in [2.24, 2.45) is 5.92 Å². The van der Waals surface area contributed by atoms with Gasteiger partial charge < -0.3 is 10.6 Å². The number of nitrogens with zero attached hydrogens (tertiary/aromatic N) is 1. The zero-order valence-corrected chi connectivity index (χ0v) is 12.6. The highest BCUT2D eigenvalue weighted by Crippen LogP contribution is 2.43. The Balaban J connectivity index is 1.96. The maximum atomic E-state index is 6.39. The van der Waals surface area contributed by atoms with E-state index in [1.165, 1.54) is 38.5 Å². The standard InChI is InChI=1S/C15H20Cl2N2/c16-12-8-11(18)9-13(17)15(12)19-7-3-5-10-4-1-2-6-14(10)19/h8-10,14H,1-7,18H2/t10-,14-/m1/s1. The molecule has 0 unspecified atom stereocenters. The first-order valence-corrected chi connectivity index (χ1v) is 7.93. The zero-order valence-electron chi connectivity index (χ0n) is 11.0. The minimum atomic E-state index is 0.612. The van der Waals surface area contributed by atoms with Crippen LogP contribution < -0.4 is 10.6 Å². The molecule has 2 fully saturated rings. The van der Waals surface area contributed by atoms with E-state index in [9.17, 15) is 0 Å². The molecule has 2 N–H and O–H groups in total. The molecule has 0 bridgehead atoms. The van der Waals surface area contributed by atoms with E-state index in [4.69, 9.17) is 28.9 Å². The number of hydrogen-bond acceptors (Lipinski definition) is 2. The van der Waals surface area contributed by atoms with Crippen LogP contribution in [0.5, 0.6) is 0 Å². The van der Waals surface area contributed by atoms with Crippen LogP contribution in [0, 0.1) is 5.92 Å². The molecule has 1 aliphatic heterocycles. The Hall–Kier alpha value is -0.600. The second kappa shape index (κ2) is 5.41. The number of rotatable bonds is 1. The molecule has 1 aromatic carbocycles. The van der Waals surface area contributed by atoms with Gasteiger partial charge in [0.1, 0.15) is 0 Å². The van der Waals surface area contributed by atoms with Crippen molar-refractivity contribution in [3.8, 4) is 0 Å². The smallest absolute Gasteiger partial charge is 0.0749 e. The number of piperidine rings is 1. The van der Waals surface area contributed by atoms with Gasteiger partial charge in [-0.25, -0.2) is 0 Å². The summed E-state index contributed by atoms with van der Waals surface area (Å²) < 4.78 is 0. The number of anilines is 2. The van der Waals surface area contributed by atoms with Crippen LogP contribution in [0.4, 0.5) is 11.4 Å². The Labute approximate surface area is 124 Å². The molecule has 0 amide bonds. The van der Waals surface area contributed by atoms with Crippen molar-refractivity contribution in [3.63, 3.8) is 0 Å². The summed E-state index contributed by atoms with van der Waals surface area (Å²) in [6, 6.07) is 4.24. The fraction of sp³-hybridized carbons (Fsp3) is 0.600. The highest BCUT2D eigenvalue weighted by Gasteiger charge is 2.34. The predicted molar refractivity (Wildman–Crippen MR) is 83.2 cm³/mol. The molecule has 1 heterocycles. The third-order valence-electron chi connectivity index (χ3n) is 4.57. The van der Waals surface area contributed by atoms with Gasteiger partial charge in [-0.2, -0.15) is 0 Å². The van der Waals surface area contributed by atoms with Crippen LogP contribution in [0.3, 0.4) is 0 Å². The number of benzene rings is 1.